The third-order valence-electron chi connectivity index (χ3n) is 4.49. The zero-order chi connectivity index (χ0) is 20.0. The number of rotatable bonds is 7. The fourth-order valence-corrected chi connectivity index (χ4v) is 4.69. The minimum Gasteiger partial charge on any atom is -0.449 e. The van der Waals surface area contributed by atoms with Crippen LogP contribution in [-0.2, 0) is 19.6 Å². The minimum atomic E-state index is -3.69. The summed E-state index contributed by atoms with van der Waals surface area (Å²) in [5.74, 6) is -1.20. The number of nitrogens with zero attached hydrogens (tertiary/aromatic N) is 1. The first-order valence-electron chi connectivity index (χ1n) is 8.99. The zero-order valence-electron chi connectivity index (χ0n) is 15.7. The lowest BCUT2D eigenvalue weighted by molar-refractivity contribution is -0.128. The number of carbonyl (C=O) groups is 2. The van der Waals surface area contributed by atoms with E-state index in [1.54, 1.807) is 0 Å². The van der Waals surface area contributed by atoms with Crippen molar-refractivity contribution >= 4 is 21.9 Å². The van der Waals surface area contributed by atoms with Gasteiger partial charge >= 0.3 is 5.97 Å². The monoisotopic (exact) mass is 394 g/mol. The Kier molecular flexibility index (Phi) is 7.15. The van der Waals surface area contributed by atoms with Gasteiger partial charge in [-0.2, -0.15) is 4.31 Å². The molecule has 1 aromatic rings. The quantitative estimate of drug-likeness (QED) is 0.565. The molecule has 27 heavy (non-hydrogen) atoms. The molecule has 7 nitrogen and oxygen atoms in total. The molecule has 1 aromatic carbocycles. The van der Waals surface area contributed by atoms with Crippen LogP contribution < -0.4 is 5.32 Å². The third kappa shape index (κ3) is 5.17. The average Bonchev–Trinajstić information content (AvgIpc) is 2.66. The molecule has 1 aliphatic heterocycles. The number of nitrogens with one attached hydrogen (secondary N) is 1. The summed E-state index contributed by atoms with van der Waals surface area (Å²) in [4.78, 5) is 24.2. The van der Waals surface area contributed by atoms with Crippen LogP contribution >= 0.6 is 0 Å². The van der Waals surface area contributed by atoms with Gasteiger partial charge in [-0.3, -0.25) is 4.79 Å². The fraction of sp³-hybridized carbons (Fsp3) is 0.474. The first-order valence-corrected chi connectivity index (χ1v) is 10.4. The van der Waals surface area contributed by atoms with Crippen molar-refractivity contribution in [1.29, 1.82) is 0 Å². The van der Waals surface area contributed by atoms with Crippen LogP contribution in [0.4, 0.5) is 0 Å². The van der Waals surface area contributed by atoms with Gasteiger partial charge < -0.3 is 10.1 Å². The highest BCUT2D eigenvalue weighted by molar-refractivity contribution is 7.89. The molecule has 1 fully saturated rings. The number of ether oxygens (including phenoxy) is 1. The molecule has 0 aromatic heterocycles. The zero-order valence-corrected chi connectivity index (χ0v) is 16.5. The fourth-order valence-electron chi connectivity index (χ4n) is 2.95. The van der Waals surface area contributed by atoms with E-state index >= 15 is 0 Å². The molecule has 1 saturated heterocycles. The molecule has 1 aliphatic rings. The smallest absolute Gasteiger partial charge is 0.338 e. The van der Waals surface area contributed by atoms with E-state index in [0.717, 1.165) is 19.3 Å². The van der Waals surface area contributed by atoms with Crippen molar-refractivity contribution in [2.45, 2.75) is 50.2 Å². The maximum absolute atomic E-state index is 12.9. The maximum Gasteiger partial charge on any atom is 0.338 e. The highest BCUT2D eigenvalue weighted by Gasteiger charge is 2.31. The summed E-state index contributed by atoms with van der Waals surface area (Å²) in [6.07, 6.45) is 3.16. The van der Waals surface area contributed by atoms with Crippen molar-refractivity contribution in [3.8, 4) is 0 Å². The van der Waals surface area contributed by atoms with Crippen molar-refractivity contribution in [3.63, 3.8) is 0 Å². The van der Waals surface area contributed by atoms with E-state index in [9.17, 15) is 18.0 Å². The van der Waals surface area contributed by atoms with E-state index in [-0.39, 0.29) is 23.0 Å². The molecular formula is C19H26N2O5S. The van der Waals surface area contributed by atoms with E-state index in [2.05, 4.69) is 11.9 Å². The van der Waals surface area contributed by atoms with E-state index in [1.165, 1.54) is 41.6 Å². The van der Waals surface area contributed by atoms with Gasteiger partial charge in [0.05, 0.1) is 10.5 Å². The van der Waals surface area contributed by atoms with Crippen molar-refractivity contribution in [3.05, 3.63) is 42.5 Å². The number of benzene rings is 1. The number of carbonyl (C=O) groups excluding carboxylic acids is 2. The van der Waals surface area contributed by atoms with Crippen LogP contribution in [0, 0.1) is 0 Å². The van der Waals surface area contributed by atoms with E-state index in [1.807, 2.05) is 6.92 Å². The van der Waals surface area contributed by atoms with E-state index in [0.29, 0.717) is 6.54 Å². The highest BCUT2D eigenvalue weighted by Crippen LogP contribution is 2.25. The van der Waals surface area contributed by atoms with Crippen molar-refractivity contribution < 1.29 is 22.7 Å². The number of esters is 1. The summed E-state index contributed by atoms with van der Waals surface area (Å²) >= 11 is 0. The normalized spacial score (nSPS) is 19.1. The van der Waals surface area contributed by atoms with E-state index in [4.69, 9.17) is 4.74 Å². The standard InChI is InChI=1S/C19H26N2O5S/c1-4-11-20-18(22)15(3)26-19(23)16-9-7-10-17(13-16)27(24,25)21-12-6-5-8-14(21)2/h4,7,9-10,13-15H,1,5-6,8,11-12H2,2-3H3,(H,20,22)/t14-,15+/m1/s1. The van der Waals surface area contributed by atoms with Crippen LogP contribution in [0.5, 0.6) is 0 Å². The second-order valence-electron chi connectivity index (χ2n) is 6.57. The second-order valence-corrected chi connectivity index (χ2v) is 8.46. The van der Waals surface area contributed by atoms with Crippen LogP contribution in [-0.4, -0.2) is 49.8 Å². The van der Waals surface area contributed by atoms with Gasteiger partial charge in [-0.1, -0.05) is 18.6 Å². The Balaban J connectivity index is 2.15. The third-order valence-corrected chi connectivity index (χ3v) is 6.50. The molecule has 0 unspecified atom stereocenters. The molecular weight excluding hydrogens is 368 g/mol. The molecule has 0 spiro atoms. The lowest BCUT2D eigenvalue weighted by Gasteiger charge is -2.32. The molecule has 2 atom stereocenters. The lowest BCUT2D eigenvalue weighted by Crippen LogP contribution is -2.42. The molecule has 1 N–H and O–H groups in total. The molecule has 1 heterocycles. The van der Waals surface area contributed by atoms with Gasteiger partial charge in [0, 0.05) is 19.1 Å². The number of hydrogen-bond acceptors (Lipinski definition) is 5. The second kappa shape index (κ2) is 9.14. The molecule has 0 radical (unpaired) electrons. The average molecular weight is 394 g/mol. The molecule has 0 aliphatic carbocycles. The number of amides is 1. The summed E-state index contributed by atoms with van der Waals surface area (Å²) in [5.41, 5.74) is 0.0871. The Morgan fingerprint density at radius 2 is 2.15 bits per heavy atom. The highest BCUT2D eigenvalue weighted by atomic mass is 32.2. The van der Waals surface area contributed by atoms with Gasteiger partial charge in [-0.15, -0.1) is 6.58 Å². The van der Waals surface area contributed by atoms with Gasteiger partial charge in [0.1, 0.15) is 0 Å². The van der Waals surface area contributed by atoms with E-state index < -0.39 is 28.0 Å². The summed E-state index contributed by atoms with van der Waals surface area (Å²) < 4.78 is 32.5. The first-order chi connectivity index (χ1) is 12.8. The number of sulfonamides is 1. The molecule has 1 amide bonds. The van der Waals surface area contributed by atoms with Crippen molar-refractivity contribution in [2.24, 2.45) is 0 Å². The Labute approximate surface area is 160 Å². The van der Waals surface area contributed by atoms with Gasteiger partial charge in [0.2, 0.25) is 10.0 Å². The maximum atomic E-state index is 12.9. The summed E-state index contributed by atoms with van der Waals surface area (Å²) in [6.45, 7) is 7.57. The first kappa shape index (κ1) is 21.1. The summed E-state index contributed by atoms with van der Waals surface area (Å²) in [6, 6.07) is 5.66. The van der Waals surface area contributed by atoms with Gasteiger partial charge in [-0.05, 0) is 44.9 Å². The number of hydrogen-bond donors (Lipinski definition) is 1. The van der Waals surface area contributed by atoms with Gasteiger partial charge in [-0.25, -0.2) is 13.2 Å². The van der Waals surface area contributed by atoms with Gasteiger partial charge in [0.15, 0.2) is 6.10 Å². The van der Waals surface area contributed by atoms with Gasteiger partial charge in [0.25, 0.3) is 5.91 Å². The lowest BCUT2D eigenvalue weighted by atomic mass is 10.1. The molecule has 2 rings (SSSR count). The van der Waals surface area contributed by atoms with Crippen molar-refractivity contribution in [1.82, 2.24) is 9.62 Å². The number of piperidine rings is 1. The SMILES string of the molecule is C=CCNC(=O)[C@H](C)OC(=O)c1cccc(S(=O)(=O)N2CCCC[C@H]2C)c1. The van der Waals surface area contributed by atoms with Crippen LogP contribution in [0.3, 0.4) is 0 Å². The Bertz CT molecular complexity index is 806. The van der Waals surface area contributed by atoms with Crippen LogP contribution in [0.15, 0.2) is 41.8 Å². The predicted molar refractivity (Wildman–Crippen MR) is 102 cm³/mol. The predicted octanol–water partition coefficient (Wildman–Crippen LogP) is 2.10. The minimum absolute atomic E-state index is 0.0504. The van der Waals surface area contributed by atoms with Crippen LogP contribution in [0.2, 0.25) is 0 Å². The Morgan fingerprint density at radius 3 is 2.81 bits per heavy atom. The van der Waals surface area contributed by atoms with Crippen LogP contribution in [0.25, 0.3) is 0 Å². The Morgan fingerprint density at radius 1 is 1.41 bits per heavy atom. The molecule has 0 bridgehead atoms. The summed E-state index contributed by atoms with van der Waals surface area (Å²) in [7, 11) is -3.69. The summed E-state index contributed by atoms with van der Waals surface area (Å²) in [5, 5.41) is 2.54. The molecule has 0 saturated carbocycles. The topological polar surface area (TPSA) is 92.8 Å². The molecule has 8 heteroatoms. The Hall–Kier alpha value is -2.19. The molecule has 148 valence electrons. The van der Waals surface area contributed by atoms with Crippen molar-refractivity contribution in [2.75, 3.05) is 13.1 Å². The largest absolute Gasteiger partial charge is 0.449 e. The van der Waals surface area contributed by atoms with Crippen LogP contribution in [0.1, 0.15) is 43.5 Å².